The van der Waals surface area contributed by atoms with E-state index in [2.05, 4.69) is 59.8 Å². The predicted octanol–water partition coefficient (Wildman–Crippen LogP) is 9.53. The zero-order valence-corrected chi connectivity index (χ0v) is 21.9. The molecule has 32 heavy (non-hydrogen) atoms. The summed E-state index contributed by atoms with van der Waals surface area (Å²) in [5, 5.41) is 0. The molecule has 0 bridgehead atoms. The van der Waals surface area contributed by atoms with Gasteiger partial charge in [-0.15, -0.1) is 6.42 Å². The number of hydrogen-bond acceptors (Lipinski definition) is 0. The Hall–Kier alpha value is -1.22. The largest absolute Gasteiger partial charge is 0.115 e. The third-order valence-corrected chi connectivity index (χ3v) is 10.3. The first-order valence-electron chi connectivity index (χ1n) is 13.7. The van der Waals surface area contributed by atoms with Crippen LogP contribution in [-0.4, -0.2) is 0 Å². The molecule has 0 amide bonds. The number of terminal acetylenes is 1. The molecule has 0 aromatic carbocycles. The standard InChI is InChI=1S/C32H50/c1-9-12-27-29(31(7)20-17-23(3)18-21-31)19-22-32(8)28(15-16-30(27)32)26(6)14-11-13-25(5)24(4)10-2/h2,12,25-26,28-30H,3-4,9,11,13-22H2,1,5-8H3/b27-12+. The molecule has 6 unspecified atom stereocenters. The molecule has 3 fully saturated rings. The Balaban J connectivity index is 1.70. The van der Waals surface area contributed by atoms with Crippen molar-refractivity contribution in [2.75, 3.05) is 0 Å². The van der Waals surface area contributed by atoms with Gasteiger partial charge in [-0.3, -0.25) is 0 Å². The van der Waals surface area contributed by atoms with Gasteiger partial charge in [0.15, 0.2) is 0 Å². The Morgan fingerprint density at radius 2 is 1.78 bits per heavy atom. The summed E-state index contributed by atoms with van der Waals surface area (Å²) < 4.78 is 0. The van der Waals surface area contributed by atoms with Crippen molar-refractivity contribution >= 4 is 0 Å². The first kappa shape index (κ1) is 25.4. The van der Waals surface area contributed by atoms with Crippen LogP contribution in [0.1, 0.15) is 112 Å². The summed E-state index contributed by atoms with van der Waals surface area (Å²) in [6, 6.07) is 0. The summed E-state index contributed by atoms with van der Waals surface area (Å²) in [5.74, 6) is 6.51. The average molecular weight is 435 g/mol. The fourth-order valence-electron chi connectivity index (χ4n) is 8.03. The molecule has 3 saturated carbocycles. The quantitative estimate of drug-likeness (QED) is 0.263. The van der Waals surface area contributed by atoms with E-state index in [1.165, 1.54) is 82.6 Å². The van der Waals surface area contributed by atoms with E-state index >= 15 is 0 Å². The molecular formula is C32H50. The first-order chi connectivity index (χ1) is 15.2. The summed E-state index contributed by atoms with van der Waals surface area (Å²) in [7, 11) is 0. The van der Waals surface area contributed by atoms with Crippen LogP contribution in [0.2, 0.25) is 0 Å². The minimum atomic E-state index is 0.459. The maximum Gasteiger partial charge on any atom is -0.00260 e. The lowest BCUT2D eigenvalue weighted by Gasteiger charge is -2.53. The average Bonchev–Trinajstić information content (AvgIpc) is 3.13. The molecule has 0 saturated heterocycles. The molecule has 178 valence electrons. The van der Waals surface area contributed by atoms with Gasteiger partial charge in [-0.25, -0.2) is 0 Å². The fourth-order valence-corrected chi connectivity index (χ4v) is 8.03. The summed E-state index contributed by atoms with van der Waals surface area (Å²) in [6.07, 6.45) is 24.1. The Morgan fingerprint density at radius 1 is 1.09 bits per heavy atom. The van der Waals surface area contributed by atoms with Crippen LogP contribution >= 0.6 is 0 Å². The second-order valence-corrected chi connectivity index (χ2v) is 12.3. The van der Waals surface area contributed by atoms with Gasteiger partial charge in [0, 0.05) is 0 Å². The lowest BCUT2D eigenvalue weighted by molar-refractivity contribution is 0.0369. The summed E-state index contributed by atoms with van der Waals surface area (Å²) >= 11 is 0. The Labute approximate surface area is 200 Å². The third kappa shape index (κ3) is 4.98. The van der Waals surface area contributed by atoms with E-state index < -0.39 is 0 Å². The molecule has 0 aliphatic heterocycles. The van der Waals surface area contributed by atoms with Gasteiger partial charge in [-0.2, -0.15) is 0 Å². The maximum atomic E-state index is 5.55. The van der Waals surface area contributed by atoms with Crippen molar-refractivity contribution < 1.29 is 0 Å². The molecule has 6 atom stereocenters. The number of rotatable bonds is 8. The fraction of sp³-hybridized carbons (Fsp3) is 0.750. The maximum absolute atomic E-state index is 5.55. The first-order valence-corrected chi connectivity index (χ1v) is 13.7. The highest BCUT2D eigenvalue weighted by Gasteiger charge is 2.55. The lowest BCUT2D eigenvalue weighted by Crippen LogP contribution is -2.43. The van der Waals surface area contributed by atoms with Crippen LogP contribution in [0.3, 0.4) is 0 Å². The highest BCUT2D eigenvalue weighted by Crippen LogP contribution is 2.64. The summed E-state index contributed by atoms with van der Waals surface area (Å²) in [4.78, 5) is 0. The summed E-state index contributed by atoms with van der Waals surface area (Å²) in [6.45, 7) is 20.7. The second kappa shape index (κ2) is 10.4. The van der Waals surface area contributed by atoms with Crippen molar-refractivity contribution in [2.45, 2.75) is 112 Å². The van der Waals surface area contributed by atoms with Crippen LogP contribution in [0.5, 0.6) is 0 Å². The molecule has 0 heteroatoms. The van der Waals surface area contributed by atoms with Crippen LogP contribution < -0.4 is 0 Å². The van der Waals surface area contributed by atoms with Crippen molar-refractivity contribution in [3.05, 3.63) is 36.0 Å². The van der Waals surface area contributed by atoms with Gasteiger partial charge in [0.2, 0.25) is 0 Å². The highest BCUT2D eigenvalue weighted by atomic mass is 14.6. The lowest BCUT2D eigenvalue weighted by atomic mass is 9.52. The number of hydrogen-bond donors (Lipinski definition) is 0. The SMILES string of the molecule is C#CC(=C)C(C)CCCC(C)C1CCC2/C(=C/CC)C(C3(C)CCC(=C)CC3)CCC21C. The minimum Gasteiger partial charge on any atom is -0.115 e. The minimum absolute atomic E-state index is 0.459. The van der Waals surface area contributed by atoms with E-state index in [1.54, 1.807) is 0 Å². The Kier molecular flexibility index (Phi) is 8.23. The predicted molar refractivity (Wildman–Crippen MR) is 141 cm³/mol. The van der Waals surface area contributed by atoms with Crippen LogP contribution in [-0.2, 0) is 0 Å². The molecule has 0 aromatic rings. The molecule has 0 N–H and O–H groups in total. The highest BCUT2D eigenvalue weighted by molar-refractivity contribution is 5.25. The van der Waals surface area contributed by atoms with E-state index in [0.717, 1.165) is 29.2 Å². The van der Waals surface area contributed by atoms with Gasteiger partial charge in [-0.05, 0) is 110 Å². The normalized spacial score (nSPS) is 35.2. The summed E-state index contributed by atoms with van der Waals surface area (Å²) in [5.41, 5.74) is 5.31. The van der Waals surface area contributed by atoms with Crippen LogP contribution in [0.25, 0.3) is 0 Å². The zero-order valence-electron chi connectivity index (χ0n) is 21.9. The van der Waals surface area contributed by atoms with Crippen molar-refractivity contribution in [3.8, 4) is 12.3 Å². The Morgan fingerprint density at radius 3 is 2.41 bits per heavy atom. The van der Waals surface area contributed by atoms with E-state index in [4.69, 9.17) is 6.42 Å². The molecule has 3 aliphatic carbocycles. The molecule has 0 aromatic heterocycles. The Bertz CT molecular complexity index is 747. The zero-order chi connectivity index (χ0) is 23.5. The monoisotopic (exact) mass is 434 g/mol. The molecule has 0 nitrogen and oxygen atoms in total. The van der Waals surface area contributed by atoms with Gasteiger partial charge in [0.05, 0.1) is 0 Å². The van der Waals surface area contributed by atoms with E-state index in [-0.39, 0.29) is 0 Å². The second-order valence-electron chi connectivity index (χ2n) is 12.3. The molecule has 0 radical (unpaired) electrons. The topological polar surface area (TPSA) is 0 Å². The van der Waals surface area contributed by atoms with Crippen molar-refractivity contribution in [1.29, 1.82) is 0 Å². The van der Waals surface area contributed by atoms with Gasteiger partial charge < -0.3 is 0 Å². The van der Waals surface area contributed by atoms with Gasteiger partial charge in [-0.1, -0.05) is 83.8 Å². The molecule has 0 heterocycles. The smallest absolute Gasteiger partial charge is 0.00260 e. The van der Waals surface area contributed by atoms with Crippen molar-refractivity contribution in [1.82, 2.24) is 0 Å². The van der Waals surface area contributed by atoms with E-state index in [0.29, 0.717) is 16.7 Å². The van der Waals surface area contributed by atoms with Gasteiger partial charge >= 0.3 is 0 Å². The van der Waals surface area contributed by atoms with E-state index in [1.807, 2.05) is 5.57 Å². The van der Waals surface area contributed by atoms with Crippen LogP contribution in [0.15, 0.2) is 36.0 Å². The molecule has 3 rings (SSSR count). The van der Waals surface area contributed by atoms with Crippen LogP contribution in [0, 0.1) is 52.8 Å². The number of fused-ring (bicyclic) bond motifs is 1. The number of allylic oxidation sites excluding steroid dienone is 4. The molecule has 0 spiro atoms. The molecular weight excluding hydrogens is 384 g/mol. The third-order valence-electron chi connectivity index (χ3n) is 10.3. The van der Waals surface area contributed by atoms with Crippen LogP contribution in [0.4, 0.5) is 0 Å². The van der Waals surface area contributed by atoms with Crippen molar-refractivity contribution in [3.63, 3.8) is 0 Å². The van der Waals surface area contributed by atoms with Gasteiger partial charge in [0.1, 0.15) is 0 Å². The molecule has 3 aliphatic rings. The van der Waals surface area contributed by atoms with Gasteiger partial charge in [0.25, 0.3) is 0 Å². The van der Waals surface area contributed by atoms with Crippen molar-refractivity contribution in [2.24, 2.45) is 40.4 Å². The van der Waals surface area contributed by atoms with E-state index in [9.17, 15) is 0 Å².